The lowest BCUT2D eigenvalue weighted by Crippen LogP contribution is -2.46. The number of phenolic OH excluding ortho intramolecular Hbond substituents is 1. The van der Waals surface area contributed by atoms with Gasteiger partial charge in [0.15, 0.2) is 4.96 Å². The first kappa shape index (κ1) is 22.4. The number of aliphatic imine (C=N–C) groups is 1. The molecule has 0 spiro atoms. The van der Waals surface area contributed by atoms with E-state index >= 15 is 0 Å². The highest BCUT2D eigenvalue weighted by Crippen LogP contribution is 2.34. The Bertz CT molecular complexity index is 1490. The van der Waals surface area contributed by atoms with E-state index in [-0.39, 0.29) is 17.7 Å². The SMILES string of the molecule is O=C(C1=CC=NCC1)N1CCC[C@@H](Nc2nccc(-c3c(-c4cccc(O)c4)nc4sccn34)n2)C1. The van der Waals surface area contributed by atoms with Gasteiger partial charge in [0.1, 0.15) is 11.4 Å². The van der Waals surface area contributed by atoms with Crippen molar-refractivity contribution in [3.63, 3.8) is 0 Å². The number of phenols is 1. The number of anilines is 1. The number of piperidine rings is 1. The average molecular weight is 500 g/mol. The molecule has 3 aromatic heterocycles. The van der Waals surface area contributed by atoms with Crippen LogP contribution in [0.1, 0.15) is 19.3 Å². The molecular weight excluding hydrogens is 474 g/mol. The Morgan fingerprint density at radius 1 is 1.22 bits per heavy atom. The molecule has 182 valence electrons. The average Bonchev–Trinajstić information content (AvgIpc) is 3.51. The van der Waals surface area contributed by atoms with Crippen molar-refractivity contribution < 1.29 is 9.90 Å². The molecule has 4 aromatic rings. The van der Waals surface area contributed by atoms with E-state index in [1.807, 2.05) is 39.1 Å². The maximum atomic E-state index is 13.0. The second kappa shape index (κ2) is 9.54. The Labute approximate surface area is 211 Å². The number of amides is 1. The smallest absolute Gasteiger partial charge is 0.249 e. The predicted molar refractivity (Wildman–Crippen MR) is 140 cm³/mol. The largest absolute Gasteiger partial charge is 0.508 e. The summed E-state index contributed by atoms with van der Waals surface area (Å²) in [5, 5.41) is 15.5. The van der Waals surface area contributed by atoms with Crippen LogP contribution in [0.3, 0.4) is 0 Å². The molecule has 1 amide bonds. The Morgan fingerprint density at radius 3 is 3.03 bits per heavy atom. The van der Waals surface area contributed by atoms with E-state index in [0.29, 0.717) is 25.5 Å². The minimum atomic E-state index is 0.0629. The maximum Gasteiger partial charge on any atom is 0.249 e. The van der Waals surface area contributed by atoms with E-state index in [4.69, 9.17) is 9.97 Å². The number of aromatic nitrogens is 4. The molecule has 0 radical (unpaired) electrons. The quantitative estimate of drug-likeness (QED) is 0.429. The number of thiazole rings is 1. The number of rotatable bonds is 5. The van der Waals surface area contributed by atoms with Crippen LogP contribution in [0.15, 0.2) is 64.7 Å². The number of hydrogen-bond acceptors (Lipinski definition) is 8. The zero-order chi connectivity index (χ0) is 24.5. The van der Waals surface area contributed by atoms with E-state index in [2.05, 4.69) is 15.3 Å². The highest BCUT2D eigenvalue weighted by Gasteiger charge is 2.26. The fourth-order valence-corrected chi connectivity index (χ4v) is 5.49. The lowest BCUT2D eigenvalue weighted by atomic mass is 10.0. The molecule has 2 N–H and O–H groups in total. The first-order valence-corrected chi connectivity index (χ1v) is 12.9. The summed E-state index contributed by atoms with van der Waals surface area (Å²) >= 11 is 1.54. The van der Waals surface area contributed by atoms with Crippen LogP contribution < -0.4 is 5.32 Å². The molecule has 1 fully saturated rings. The van der Waals surface area contributed by atoms with Crippen LogP contribution in [-0.4, -0.2) is 67.2 Å². The Morgan fingerprint density at radius 2 is 2.17 bits per heavy atom. The Kier molecular flexibility index (Phi) is 5.94. The number of carbonyl (C=O) groups is 1. The maximum absolute atomic E-state index is 13.0. The summed E-state index contributed by atoms with van der Waals surface area (Å²) in [4.78, 5) is 34.0. The van der Waals surface area contributed by atoms with Crippen molar-refractivity contribution in [2.45, 2.75) is 25.3 Å². The van der Waals surface area contributed by atoms with Crippen LogP contribution in [-0.2, 0) is 4.79 Å². The molecule has 0 aliphatic carbocycles. The van der Waals surface area contributed by atoms with Crippen LogP contribution in [0.5, 0.6) is 5.75 Å². The summed E-state index contributed by atoms with van der Waals surface area (Å²) in [5.74, 6) is 0.799. The fourth-order valence-electron chi connectivity index (χ4n) is 4.77. The van der Waals surface area contributed by atoms with Crippen molar-refractivity contribution in [2.24, 2.45) is 4.99 Å². The third-order valence-electron chi connectivity index (χ3n) is 6.49. The van der Waals surface area contributed by atoms with Gasteiger partial charge in [-0.25, -0.2) is 15.0 Å². The first-order chi connectivity index (χ1) is 17.7. The van der Waals surface area contributed by atoms with E-state index in [1.165, 1.54) is 0 Å². The molecule has 10 heteroatoms. The number of dihydropyridines is 1. The molecule has 1 atom stereocenters. The van der Waals surface area contributed by atoms with Crippen molar-refractivity contribution in [3.05, 3.63) is 59.8 Å². The number of aromatic hydroxyl groups is 1. The zero-order valence-electron chi connectivity index (χ0n) is 19.5. The summed E-state index contributed by atoms with van der Waals surface area (Å²) in [6.07, 6.45) is 9.81. The van der Waals surface area contributed by atoms with Gasteiger partial charge in [0, 0.05) is 60.8 Å². The van der Waals surface area contributed by atoms with Crippen LogP contribution in [0.4, 0.5) is 5.95 Å². The summed E-state index contributed by atoms with van der Waals surface area (Å²) < 4.78 is 2.01. The number of fused-ring (bicyclic) bond motifs is 1. The molecule has 36 heavy (non-hydrogen) atoms. The summed E-state index contributed by atoms with van der Waals surface area (Å²) in [7, 11) is 0. The predicted octanol–water partition coefficient (Wildman–Crippen LogP) is 4.03. The van der Waals surface area contributed by atoms with Gasteiger partial charge in [-0.05, 0) is 43.5 Å². The zero-order valence-corrected chi connectivity index (χ0v) is 20.4. The minimum Gasteiger partial charge on any atom is -0.508 e. The molecular formula is C26H25N7O2S. The molecule has 0 saturated carbocycles. The molecule has 2 aliphatic rings. The summed E-state index contributed by atoms with van der Waals surface area (Å²) in [6, 6.07) is 9.01. The third-order valence-corrected chi connectivity index (χ3v) is 7.24. The van der Waals surface area contributed by atoms with Crippen LogP contribution in [0, 0.1) is 0 Å². The second-order valence-electron chi connectivity index (χ2n) is 8.91. The third kappa shape index (κ3) is 4.35. The minimum absolute atomic E-state index is 0.0629. The van der Waals surface area contributed by atoms with Gasteiger partial charge in [0.25, 0.3) is 0 Å². The highest BCUT2D eigenvalue weighted by atomic mass is 32.1. The molecule has 9 nitrogen and oxygen atoms in total. The van der Waals surface area contributed by atoms with Gasteiger partial charge in [0.2, 0.25) is 11.9 Å². The molecule has 0 bridgehead atoms. The van der Waals surface area contributed by atoms with Gasteiger partial charge in [0.05, 0.1) is 11.4 Å². The number of nitrogens with zero attached hydrogens (tertiary/aromatic N) is 6. The van der Waals surface area contributed by atoms with Crippen molar-refractivity contribution in [2.75, 3.05) is 25.0 Å². The number of benzene rings is 1. The van der Waals surface area contributed by atoms with Gasteiger partial charge in [-0.3, -0.25) is 14.2 Å². The Hall–Kier alpha value is -4.05. The lowest BCUT2D eigenvalue weighted by molar-refractivity contribution is -0.128. The van der Waals surface area contributed by atoms with Crippen molar-refractivity contribution in [1.82, 2.24) is 24.3 Å². The van der Waals surface area contributed by atoms with E-state index in [9.17, 15) is 9.90 Å². The van der Waals surface area contributed by atoms with E-state index in [1.54, 1.807) is 41.9 Å². The van der Waals surface area contributed by atoms with Crippen LogP contribution in [0.25, 0.3) is 27.6 Å². The van der Waals surface area contributed by atoms with Crippen molar-refractivity contribution in [1.29, 1.82) is 0 Å². The normalized spacial score (nSPS) is 17.8. The molecule has 6 rings (SSSR count). The second-order valence-corrected chi connectivity index (χ2v) is 9.79. The van der Waals surface area contributed by atoms with E-state index < -0.39 is 0 Å². The number of hydrogen-bond donors (Lipinski definition) is 2. The van der Waals surface area contributed by atoms with Crippen LogP contribution >= 0.6 is 11.3 Å². The topological polar surface area (TPSA) is 108 Å². The van der Waals surface area contributed by atoms with Crippen molar-refractivity contribution in [3.8, 4) is 28.4 Å². The standard InChI is InChI=1S/C26H25N7O2S/c34-20-5-1-3-18(15-20)22-23(33-13-14-36-26(33)31-22)21-8-11-28-25(30-21)29-19-4-2-12-32(16-19)24(35)17-6-9-27-10-7-17/h1,3,5-6,8-9,11,13-15,19,34H,2,4,7,10,12,16H2,(H,28,29,30)/t19-/m1/s1. The van der Waals surface area contributed by atoms with Gasteiger partial charge in [-0.15, -0.1) is 11.3 Å². The number of carbonyl (C=O) groups excluding carboxylic acids is 1. The fraction of sp³-hybridized carbons (Fsp3) is 0.269. The molecule has 0 unspecified atom stereocenters. The van der Waals surface area contributed by atoms with Crippen LogP contribution in [0.2, 0.25) is 0 Å². The lowest BCUT2D eigenvalue weighted by Gasteiger charge is -2.34. The molecule has 5 heterocycles. The van der Waals surface area contributed by atoms with Gasteiger partial charge in [-0.2, -0.15) is 0 Å². The first-order valence-electron chi connectivity index (χ1n) is 12.0. The molecule has 1 saturated heterocycles. The number of imidazole rings is 1. The molecule has 1 aromatic carbocycles. The number of nitrogens with one attached hydrogen (secondary N) is 1. The van der Waals surface area contributed by atoms with E-state index in [0.717, 1.165) is 52.6 Å². The number of allylic oxidation sites excluding steroid dienone is 1. The monoisotopic (exact) mass is 499 g/mol. The molecule has 2 aliphatic heterocycles. The number of likely N-dealkylation sites (tertiary alicyclic amines) is 1. The summed E-state index contributed by atoms with van der Waals surface area (Å²) in [5.41, 5.74) is 3.96. The van der Waals surface area contributed by atoms with Gasteiger partial charge >= 0.3 is 0 Å². The van der Waals surface area contributed by atoms with Crippen molar-refractivity contribution >= 4 is 34.4 Å². The highest BCUT2D eigenvalue weighted by molar-refractivity contribution is 7.15. The summed E-state index contributed by atoms with van der Waals surface area (Å²) in [6.45, 7) is 2.03. The van der Waals surface area contributed by atoms with Gasteiger partial charge < -0.3 is 15.3 Å². The Balaban J connectivity index is 1.27. The van der Waals surface area contributed by atoms with Gasteiger partial charge in [-0.1, -0.05) is 12.1 Å².